The molecule has 2 rings (SSSR count). The van der Waals surface area contributed by atoms with E-state index in [2.05, 4.69) is 9.62 Å². The number of sulfonamides is 1. The number of thiophene rings is 1. The molecule has 6 heteroatoms. The van der Waals surface area contributed by atoms with E-state index in [0.717, 1.165) is 19.6 Å². The summed E-state index contributed by atoms with van der Waals surface area (Å²) in [6.07, 6.45) is 5.07. The molecule has 2 heterocycles. The van der Waals surface area contributed by atoms with Crippen LogP contribution in [0.4, 0.5) is 0 Å². The molecule has 1 aliphatic rings. The molecule has 18 heavy (non-hydrogen) atoms. The first-order valence-electron chi connectivity index (χ1n) is 6.44. The Morgan fingerprint density at radius 1 is 1.22 bits per heavy atom. The van der Waals surface area contributed by atoms with Crippen molar-refractivity contribution in [3.8, 4) is 0 Å². The van der Waals surface area contributed by atoms with Gasteiger partial charge in [-0.25, -0.2) is 13.1 Å². The van der Waals surface area contributed by atoms with Gasteiger partial charge in [0.2, 0.25) is 10.0 Å². The van der Waals surface area contributed by atoms with Crippen LogP contribution in [0.25, 0.3) is 0 Å². The Kier molecular flexibility index (Phi) is 5.17. The van der Waals surface area contributed by atoms with Crippen LogP contribution in [0.5, 0.6) is 0 Å². The van der Waals surface area contributed by atoms with Crippen molar-refractivity contribution in [3.05, 3.63) is 17.5 Å². The molecule has 0 amide bonds. The maximum Gasteiger partial charge on any atom is 0.250 e. The van der Waals surface area contributed by atoms with Crippen LogP contribution in [0, 0.1) is 0 Å². The Labute approximate surface area is 113 Å². The first-order valence-corrected chi connectivity index (χ1v) is 8.80. The monoisotopic (exact) mass is 288 g/mol. The van der Waals surface area contributed by atoms with Gasteiger partial charge in [0, 0.05) is 13.1 Å². The summed E-state index contributed by atoms with van der Waals surface area (Å²) in [7, 11) is -3.29. The number of hydrogen-bond acceptors (Lipinski definition) is 4. The first-order chi connectivity index (χ1) is 8.68. The summed E-state index contributed by atoms with van der Waals surface area (Å²) in [6.45, 7) is 3.51. The predicted octanol–water partition coefficient (Wildman–Crippen LogP) is 1.90. The molecule has 1 saturated heterocycles. The standard InChI is InChI=1S/C12H20N2O2S2/c15-18(16,12-6-5-11-17-12)13-7-10-14-8-3-1-2-4-9-14/h5-6,11,13H,1-4,7-10H2. The van der Waals surface area contributed by atoms with E-state index in [0.29, 0.717) is 10.8 Å². The lowest BCUT2D eigenvalue weighted by Gasteiger charge is -2.19. The summed E-state index contributed by atoms with van der Waals surface area (Å²) >= 11 is 1.26. The fraction of sp³-hybridized carbons (Fsp3) is 0.667. The average molecular weight is 288 g/mol. The Bertz CT molecular complexity index is 435. The summed E-state index contributed by atoms with van der Waals surface area (Å²) in [5, 5.41) is 1.78. The van der Waals surface area contributed by atoms with Crippen LogP contribution in [0.15, 0.2) is 21.7 Å². The van der Waals surface area contributed by atoms with Gasteiger partial charge in [0.05, 0.1) is 0 Å². The van der Waals surface area contributed by atoms with Crippen molar-refractivity contribution in [1.29, 1.82) is 0 Å². The minimum Gasteiger partial charge on any atom is -0.302 e. The van der Waals surface area contributed by atoms with Crippen LogP contribution in [0.3, 0.4) is 0 Å². The van der Waals surface area contributed by atoms with Gasteiger partial charge in [-0.1, -0.05) is 18.9 Å². The van der Waals surface area contributed by atoms with Gasteiger partial charge in [-0.2, -0.15) is 0 Å². The van der Waals surface area contributed by atoms with Gasteiger partial charge in [-0.3, -0.25) is 0 Å². The van der Waals surface area contributed by atoms with E-state index in [1.807, 2.05) is 0 Å². The van der Waals surface area contributed by atoms with Gasteiger partial charge in [-0.05, 0) is 37.4 Å². The molecule has 0 saturated carbocycles. The summed E-state index contributed by atoms with van der Waals surface area (Å²) in [6, 6.07) is 3.40. The minimum atomic E-state index is -3.29. The SMILES string of the molecule is O=S(=O)(NCCN1CCCCCC1)c1cccs1. The van der Waals surface area contributed by atoms with Crippen LogP contribution in [-0.4, -0.2) is 39.5 Å². The second-order valence-electron chi connectivity index (χ2n) is 4.59. The maximum absolute atomic E-state index is 11.9. The Morgan fingerprint density at radius 2 is 1.94 bits per heavy atom. The summed E-state index contributed by atoms with van der Waals surface area (Å²) < 4.78 is 26.8. The lowest BCUT2D eigenvalue weighted by Crippen LogP contribution is -2.35. The van der Waals surface area contributed by atoms with Gasteiger partial charge >= 0.3 is 0 Å². The molecule has 0 radical (unpaired) electrons. The van der Waals surface area contributed by atoms with Crippen molar-refractivity contribution in [2.24, 2.45) is 0 Å². The van der Waals surface area contributed by atoms with Crippen molar-refractivity contribution >= 4 is 21.4 Å². The highest BCUT2D eigenvalue weighted by Gasteiger charge is 2.15. The third-order valence-electron chi connectivity index (χ3n) is 3.18. The number of hydrogen-bond donors (Lipinski definition) is 1. The highest BCUT2D eigenvalue weighted by atomic mass is 32.2. The van der Waals surface area contributed by atoms with E-state index >= 15 is 0 Å². The van der Waals surface area contributed by atoms with Gasteiger partial charge in [0.25, 0.3) is 0 Å². The molecule has 4 nitrogen and oxygen atoms in total. The smallest absolute Gasteiger partial charge is 0.250 e. The molecule has 0 aromatic carbocycles. The Balaban J connectivity index is 1.78. The lowest BCUT2D eigenvalue weighted by molar-refractivity contribution is 0.290. The van der Waals surface area contributed by atoms with Crippen LogP contribution in [0.2, 0.25) is 0 Å². The van der Waals surface area contributed by atoms with Gasteiger partial charge in [0.1, 0.15) is 4.21 Å². The molecule has 0 bridgehead atoms. The minimum absolute atomic E-state index is 0.401. The number of rotatable bonds is 5. The second kappa shape index (κ2) is 6.65. The van der Waals surface area contributed by atoms with E-state index in [1.165, 1.54) is 37.0 Å². The van der Waals surface area contributed by atoms with Crippen LogP contribution >= 0.6 is 11.3 Å². The van der Waals surface area contributed by atoms with Crippen molar-refractivity contribution < 1.29 is 8.42 Å². The van der Waals surface area contributed by atoms with E-state index in [9.17, 15) is 8.42 Å². The quantitative estimate of drug-likeness (QED) is 0.900. The van der Waals surface area contributed by atoms with E-state index in [1.54, 1.807) is 17.5 Å². The lowest BCUT2D eigenvalue weighted by atomic mass is 10.2. The molecule has 1 aromatic heterocycles. The van der Waals surface area contributed by atoms with Crippen molar-refractivity contribution in [1.82, 2.24) is 9.62 Å². The van der Waals surface area contributed by atoms with Crippen LogP contribution < -0.4 is 4.72 Å². The molecule has 1 aliphatic heterocycles. The fourth-order valence-electron chi connectivity index (χ4n) is 2.19. The van der Waals surface area contributed by atoms with Gasteiger partial charge in [0.15, 0.2) is 0 Å². The Hall–Kier alpha value is -0.430. The molecule has 1 N–H and O–H groups in total. The van der Waals surface area contributed by atoms with E-state index < -0.39 is 10.0 Å². The van der Waals surface area contributed by atoms with Crippen molar-refractivity contribution in [2.75, 3.05) is 26.2 Å². The molecular formula is C12H20N2O2S2. The molecule has 0 unspecified atom stereocenters. The Morgan fingerprint density at radius 3 is 2.56 bits per heavy atom. The van der Waals surface area contributed by atoms with Crippen LogP contribution in [0.1, 0.15) is 25.7 Å². The average Bonchev–Trinajstić information content (AvgIpc) is 2.76. The largest absolute Gasteiger partial charge is 0.302 e. The number of nitrogens with one attached hydrogen (secondary N) is 1. The predicted molar refractivity (Wildman–Crippen MR) is 74.4 cm³/mol. The highest BCUT2D eigenvalue weighted by Crippen LogP contribution is 2.15. The zero-order valence-electron chi connectivity index (χ0n) is 10.5. The third kappa shape index (κ3) is 4.05. The highest BCUT2D eigenvalue weighted by molar-refractivity contribution is 7.91. The zero-order valence-corrected chi connectivity index (χ0v) is 12.1. The molecule has 0 spiro atoms. The molecule has 0 aliphatic carbocycles. The van der Waals surface area contributed by atoms with E-state index in [4.69, 9.17) is 0 Å². The molecule has 1 aromatic rings. The first kappa shape index (κ1) is 14.0. The van der Waals surface area contributed by atoms with E-state index in [-0.39, 0.29) is 0 Å². The molecule has 0 atom stereocenters. The topological polar surface area (TPSA) is 49.4 Å². The van der Waals surface area contributed by atoms with Crippen molar-refractivity contribution in [2.45, 2.75) is 29.9 Å². The molecule has 102 valence electrons. The normalized spacial score (nSPS) is 18.7. The van der Waals surface area contributed by atoms with Crippen LogP contribution in [-0.2, 0) is 10.0 Å². The van der Waals surface area contributed by atoms with Gasteiger partial charge in [-0.15, -0.1) is 11.3 Å². The number of likely N-dealkylation sites (tertiary alicyclic amines) is 1. The third-order valence-corrected chi connectivity index (χ3v) is 6.04. The van der Waals surface area contributed by atoms with Gasteiger partial charge < -0.3 is 4.90 Å². The zero-order chi connectivity index (χ0) is 12.8. The summed E-state index contributed by atoms with van der Waals surface area (Å²) in [5.74, 6) is 0. The maximum atomic E-state index is 11.9. The molecular weight excluding hydrogens is 268 g/mol. The summed E-state index contributed by atoms with van der Waals surface area (Å²) in [5.41, 5.74) is 0. The number of nitrogens with zero attached hydrogens (tertiary/aromatic N) is 1. The molecule has 1 fully saturated rings. The van der Waals surface area contributed by atoms with Crippen molar-refractivity contribution in [3.63, 3.8) is 0 Å². The fourth-order valence-corrected chi connectivity index (χ4v) is 4.24. The second-order valence-corrected chi connectivity index (χ2v) is 7.53. The summed E-state index contributed by atoms with van der Waals surface area (Å²) in [4.78, 5) is 2.35.